The van der Waals surface area contributed by atoms with Crippen LogP contribution in [0.3, 0.4) is 0 Å². The molecule has 9 heteroatoms. The molecule has 0 spiro atoms. The van der Waals surface area contributed by atoms with Crippen molar-refractivity contribution in [3.05, 3.63) is 64.8 Å². The number of H-pyrrole nitrogens is 1. The van der Waals surface area contributed by atoms with Gasteiger partial charge in [-0.3, -0.25) is 9.59 Å². The zero-order chi connectivity index (χ0) is 25.3. The van der Waals surface area contributed by atoms with Crippen LogP contribution in [0, 0.1) is 5.92 Å². The average molecular weight is 503 g/mol. The molecule has 0 saturated heterocycles. The standard InChI is InChI=1S/C26H29ClF2N4O2/c1-15(20-12-30-21-7-5-4-6-19(20)21)23(31-25(34)24(28)29)26(35)33-14-16(13-32(2)3)10-17-11-18(27)8-9-22(17)33/h4-9,11-12,15-16,23-24,30H,10,13-14H2,1-3H3,(H,31,34)/t15?,16-,23?/m1/s1. The largest absolute Gasteiger partial charge is 0.361 e. The van der Waals surface area contributed by atoms with Crippen LogP contribution in [0.4, 0.5) is 14.5 Å². The number of nitrogens with one attached hydrogen (secondary N) is 2. The highest BCUT2D eigenvalue weighted by Crippen LogP contribution is 2.35. The quantitative estimate of drug-likeness (QED) is 0.502. The van der Waals surface area contributed by atoms with Gasteiger partial charge < -0.3 is 20.1 Å². The zero-order valence-electron chi connectivity index (χ0n) is 19.9. The Morgan fingerprint density at radius 3 is 2.69 bits per heavy atom. The molecular weight excluding hydrogens is 474 g/mol. The molecule has 3 atom stereocenters. The molecule has 3 aromatic rings. The van der Waals surface area contributed by atoms with Crippen molar-refractivity contribution >= 4 is 40.0 Å². The van der Waals surface area contributed by atoms with E-state index < -0.39 is 30.2 Å². The highest BCUT2D eigenvalue weighted by Gasteiger charge is 2.38. The van der Waals surface area contributed by atoms with E-state index in [-0.39, 0.29) is 5.92 Å². The molecule has 0 fully saturated rings. The lowest BCUT2D eigenvalue weighted by Crippen LogP contribution is -2.55. The fraction of sp³-hybridized carbons (Fsp3) is 0.385. The number of halogens is 3. The molecule has 186 valence electrons. The molecule has 1 aromatic heterocycles. The van der Waals surface area contributed by atoms with Crippen molar-refractivity contribution < 1.29 is 18.4 Å². The van der Waals surface area contributed by atoms with Crippen molar-refractivity contribution in [2.45, 2.75) is 31.7 Å². The normalized spacial score (nSPS) is 17.5. The van der Waals surface area contributed by atoms with Gasteiger partial charge in [0.25, 0.3) is 5.91 Å². The number of aromatic amines is 1. The van der Waals surface area contributed by atoms with Gasteiger partial charge in [-0.15, -0.1) is 0 Å². The molecule has 6 nitrogen and oxygen atoms in total. The number of aromatic nitrogens is 1. The van der Waals surface area contributed by atoms with Crippen LogP contribution in [0.25, 0.3) is 10.9 Å². The number of rotatable bonds is 7. The summed E-state index contributed by atoms with van der Waals surface area (Å²) < 4.78 is 26.6. The summed E-state index contributed by atoms with van der Waals surface area (Å²) >= 11 is 6.24. The Balaban J connectivity index is 1.74. The number of benzene rings is 2. The minimum atomic E-state index is -3.23. The molecule has 2 aromatic carbocycles. The summed E-state index contributed by atoms with van der Waals surface area (Å²) in [4.78, 5) is 33.0. The van der Waals surface area contributed by atoms with Gasteiger partial charge in [0.05, 0.1) is 0 Å². The van der Waals surface area contributed by atoms with Crippen molar-refractivity contribution in [2.75, 3.05) is 32.1 Å². The summed E-state index contributed by atoms with van der Waals surface area (Å²) in [5.74, 6) is -2.34. The van der Waals surface area contributed by atoms with Crippen molar-refractivity contribution in [3.63, 3.8) is 0 Å². The molecule has 2 unspecified atom stereocenters. The van der Waals surface area contributed by atoms with Crippen molar-refractivity contribution in [1.29, 1.82) is 0 Å². The van der Waals surface area contributed by atoms with E-state index in [1.165, 1.54) is 0 Å². The number of anilines is 1. The molecule has 2 heterocycles. The fourth-order valence-electron chi connectivity index (χ4n) is 5.00. The number of fused-ring (bicyclic) bond motifs is 2. The number of carbonyl (C=O) groups excluding carboxylic acids is 2. The number of para-hydroxylation sites is 1. The van der Waals surface area contributed by atoms with E-state index >= 15 is 0 Å². The number of amides is 2. The van der Waals surface area contributed by atoms with Crippen LogP contribution >= 0.6 is 11.6 Å². The molecule has 35 heavy (non-hydrogen) atoms. The summed E-state index contributed by atoms with van der Waals surface area (Å²) in [5, 5.41) is 3.78. The van der Waals surface area contributed by atoms with Crippen LogP contribution in [-0.2, 0) is 16.0 Å². The van der Waals surface area contributed by atoms with Crippen molar-refractivity contribution in [3.8, 4) is 0 Å². The first-order chi connectivity index (χ1) is 16.7. The Morgan fingerprint density at radius 2 is 1.97 bits per heavy atom. The van der Waals surface area contributed by atoms with Gasteiger partial charge in [-0.2, -0.15) is 8.78 Å². The molecule has 4 rings (SSSR count). The molecule has 2 N–H and O–H groups in total. The van der Waals surface area contributed by atoms with Gasteiger partial charge in [-0.25, -0.2) is 0 Å². The van der Waals surface area contributed by atoms with E-state index in [4.69, 9.17) is 11.6 Å². The second-order valence-electron chi connectivity index (χ2n) is 9.42. The molecular formula is C26H29ClF2N4O2. The third-order valence-electron chi connectivity index (χ3n) is 6.54. The lowest BCUT2D eigenvalue weighted by Gasteiger charge is -2.38. The first-order valence-electron chi connectivity index (χ1n) is 11.5. The van der Waals surface area contributed by atoms with E-state index in [1.54, 1.807) is 30.2 Å². The summed E-state index contributed by atoms with van der Waals surface area (Å²) in [5.41, 5.74) is 3.25. The van der Waals surface area contributed by atoms with Crippen LogP contribution in [0.1, 0.15) is 24.0 Å². The minimum absolute atomic E-state index is 0.120. The molecule has 0 saturated carbocycles. The van der Waals surface area contributed by atoms with E-state index in [0.717, 1.165) is 35.0 Å². The number of hydrogen-bond donors (Lipinski definition) is 2. The average Bonchev–Trinajstić information content (AvgIpc) is 3.24. The Morgan fingerprint density at radius 1 is 1.23 bits per heavy atom. The van der Waals surface area contributed by atoms with Gasteiger partial charge in [0, 0.05) is 46.8 Å². The van der Waals surface area contributed by atoms with Gasteiger partial charge in [-0.05, 0) is 61.8 Å². The molecule has 1 aliphatic heterocycles. The lowest BCUT2D eigenvalue weighted by molar-refractivity contribution is -0.135. The maximum Gasteiger partial charge on any atom is 0.315 e. The maximum absolute atomic E-state index is 14.0. The van der Waals surface area contributed by atoms with Gasteiger partial charge in [0.15, 0.2) is 0 Å². The monoisotopic (exact) mass is 502 g/mol. The van der Waals surface area contributed by atoms with Crippen LogP contribution in [0.2, 0.25) is 5.02 Å². The second kappa shape index (κ2) is 10.3. The third kappa shape index (κ3) is 5.33. The van der Waals surface area contributed by atoms with Crippen LogP contribution in [0.15, 0.2) is 48.7 Å². The Bertz CT molecular complexity index is 1230. The summed E-state index contributed by atoms with van der Waals surface area (Å²) in [7, 11) is 3.93. The molecule has 0 aliphatic carbocycles. The number of alkyl halides is 2. The predicted molar refractivity (Wildman–Crippen MR) is 134 cm³/mol. The van der Waals surface area contributed by atoms with Gasteiger partial charge in [-0.1, -0.05) is 36.7 Å². The van der Waals surface area contributed by atoms with E-state index in [9.17, 15) is 18.4 Å². The number of nitrogens with zero attached hydrogens (tertiary/aromatic N) is 2. The topological polar surface area (TPSA) is 68.4 Å². The third-order valence-corrected chi connectivity index (χ3v) is 6.78. The molecule has 0 radical (unpaired) electrons. The van der Waals surface area contributed by atoms with Crippen LogP contribution in [-0.4, -0.2) is 61.4 Å². The number of hydrogen-bond acceptors (Lipinski definition) is 3. The second-order valence-corrected chi connectivity index (χ2v) is 9.86. The SMILES string of the molecule is CC(c1c[nH]c2ccccc12)C(NC(=O)C(F)F)C(=O)N1C[C@@H](CN(C)C)Cc2cc(Cl)ccc21. The summed E-state index contributed by atoms with van der Waals surface area (Å²) in [6.07, 6.45) is -0.721. The minimum Gasteiger partial charge on any atom is -0.361 e. The van der Waals surface area contributed by atoms with E-state index in [1.807, 2.05) is 49.3 Å². The highest BCUT2D eigenvalue weighted by atomic mass is 35.5. The Hall–Kier alpha value is -2.97. The predicted octanol–water partition coefficient (Wildman–Crippen LogP) is 4.44. The summed E-state index contributed by atoms with van der Waals surface area (Å²) in [6.45, 7) is 2.92. The molecule has 1 aliphatic rings. The molecule has 2 amide bonds. The van der Waals surface area contributed by atoms with Crippen molar-refractivity contribution in [1.82, 2.24) is 15.2 Å². The van der Waals surface area contributed by atoms with Gasteiger partial charge in [0.1, 0.15) is 6.04 Å². The zero-order valence-corrected chi connectivity index (χ0v) is 20.7. The maximum atomic E-state index is 14.0. The van der Waals surface area contributed by atoms with E-state index in [2.05, 4.69) is 10.3 Å². The van der Waals surface area contributed by atoms with E-state index in [0.29, 0.717) is 17.3 Å². The Kier molecular flexibility index (Phi) is 7.42. The highest BCUT2D eigenvalue weighted by molar-refractivity contribution is 6.30. The number of carbonyl (C=O) groups is 2. The lowest BCUT2D eigenvalue weighted by atomic mass is 9.88. The van der Waals surface area contributed by atoms with Crippen molar-refractivity contribution in [2.24, 2.45) is 5.92 Å². The Labute approximate surface area is 208 Å². The first-order valence-corrected chi connectivity index (χ1v) is 11.9. The van der Waals surface area contributed by atoms with Gasteiger partial charge >= 0.3 is 6.43 Å². The molecule has 0 bridgehead atoms. The smallest absolute Gasteiger partial charge is 0.315 e. The van der Waals surface area contributed by atoms with Crippen LogP contribution < -0.4 is 10.2 Å². The van der Waals surface area contributed by atoms with Gasteiger partial charge in [0.2, 0.25) is 5.91 Å². The fourth-order valence-corrected chi connectivity index (χ4v) is 5.19. The van der Waals surface area contributed by atoms with Crippen LogP contribution in [0.5, 0.6) is 0 Å². The summed E-state index contributed by atoms with van der Waals surface area (Å²) in [6, 6.07) is 11.7. The first kappa shape index (κ1) is 25.1.